The summed E-state index contributed by atoms with van der Waals surface area (Å²) in [6.45, 7) is 0.0481. The Balaban J connectivity index is 1.97. The van der Waals surface area contributed by atoms with Gasteiger partial charge in [0, 0.05) is 22.0 Å². The highest BCUT2D eigenvalue weighted by Crippen LogP contribution is 2.38. The second-order valence-corrected chi connectivity index (χ2v) is 5.81. The van der Waals surface area contributed by atoms with Gasteiger partial charge in [-0.1, -0.05) is 37.5 Å². The van der Waals surface area contributed by atoms with Crippen LogP contribution in [0.3, 0.4) is 0 Å². The number of hydrogen-bond donors (Lipinski definition) is 1. The standard InChI is InChI=1S/C16H20N2O2/c19-18(20)11-15(12-6-2-1-3-7-12)14-10-17-16-9-5-4-8-13(14)16/h4-5,8-10,12,15,17H,1-3,6-7,11H2/t15-/m0/s1. The molecule has 106 valence electrons. The first kappa shape index (κ1) is 13.2. The molecule has 1 aliphatic rings. The first-order chi connectivity index (χ1) is 9.75. The molecule has 3 rings (SSSR count). The number of para-hydroxylation sites is 1. The largest absolute Gasteiger partial charge is 0.361 e. The summed E-state index contributed by atoms with van der Waals surface area (Å²) in [6.07, 6.45) is 7.92. The number of hydrogen-bond acceptors (Lipinski definition) is 2. The lowest BCUT2D eigenvalue weighted by Gasteiger charge is -2.27. The molecule has 0 amide bonds. The summed E-state index contributed by atoms with van der Waals surface area (Å²) in [5.74, 6) is 0.495. The van der Waals surface area contributed by atoms with Gasteiger partial charge in [0.15, 0.2) is 0 Å². The van der Waals surface area contributed by atoms with E-state index >= 15 is 0 Å². The fourth-order valence-electron chi connectivity index (χ4n) is 3.60. The summed E-state index contributed by atoms with van der Waals surface area (Å²) in [6, 6.07) is 8.09. The van der Waals surface area contributed by atoms with Crippen molar-refractivity contribution < 1.29 is 4.92 Å². The molecule has 0 saturated heterocycles. The highest BCUT2D eigenvalue weighted by Gasteiger charge is 2.30. The molecule has 4 heteroatoms. The van der Waals surface area contributed by atoms with Crippen LogP contribution in [0.15, 0.2) is 30.5 Å². The highest BCUT2D eigenvalue weighted by atomic mass is 16.6. The Morgan fingerprint density at radius 1 is 1.25 bits per heavy atom. The van der Waals surface area contributed by atoms with Crippen LogP contribution in [0.1, 0.15) is 43.6 Å². The van der Waals surface area contributed by atoms with Crippen LogP contribution in [0.5, 0.6) is 0 Å². The Labute approximate surface area is 118 Å². The van der Waals surface area contributed by atoms with Gasteiger partial charge in [0.1, 0.15) is 0 Å². The van der Waals surface area contributed by atoms with E-state index < -0.39 is 0 Å². The van der Waals surface area contributed by atoms with Gasteiger partial charge in [0.2, 0.25) is 6.54 Å². The maximum Gasteiger partial charge on any atom is 0.211 e. The average Bonchev–Trinajstić information content (AvgIpc) is 2.89. The van der Waals surface area contributed by atoms with Crippen molar-refractivity contribution in [2.75, 3.05) is 6.54 Å². The van der Waals surface area contributed by atoms with Crippen molar-refractivity contribution in [3.8, 4) is 0 Å². The molecule has 20 heavy (non-hydrogen) atoms. The normalized spacial score (nSPS) is 18.2. The van der Waals surface area contributed by atoms with Gasteiger partial charge in [-0.2, -0.15) is 0 Å². The van der Waals surface area contributed by atoms with E-state index in [0.717, 1.165) is 29.3 Å². The molecule has 0 spiro atoms. The Hall–Kier alpha value is -1.84. The van der Waals surface area contributed by atoms with Gasteiger partial charge in [-0.3, -0.25) is 10.1 Å². The topological polar surface area (TPSA) is 58.9 Å². The van der Waals surface area contributed by atoms with Crippen molar-refractivity contribution in [3.05, 3.63) is 46.1 Å². The van der Waals surface area contributed by atoms with Crippen molar-refractivity contribution >= 4 is 10.9 Å². The molecule has 0 radical (unpaired) electrons. The van der Waals surface area contributed by atoms with Crippen molar-refractivity contribution in [2.45, 2.75) is 38.0 Å². The smallest absolute Gasteiger partial charge is 0.211 e. The fraction of sp³-hybridized carbons (Fsp3) is 0.500. The highest BCUT2D eigenvalue weighted by molar-refractivity contribution is 5.83. The van der Waals surface area contributed by atoms with Crippen molar-refractivity contribution in [2.24, 2.45) is 5.92 Å². The van der Waals surface area contributed by atoms with Gasteiger partial charge in [-0.25, -0.2) is 0 Å². The molecular weight excluding hydrogens is 252 g/mol. The number of nitrogens with zero attached hydrogens (tertiary/aromatic N) is 1. The van der Waals surface area contributed by atoms with Crippen molar-refractivity contribution in [3.63, 3.8) is 0 Å². The third-order valence-electron chi connectivity index (χ3n) is 4.59. The Kier molecular flexibility index (Phi) is 3.72. The van der Waals surface area contributed by atoms with Gasteiger partial charge in [-0.05, 0) is 30.4 Å². The van der Waals surface area contributed by atoms with E-state index in [4.69, 9.17) is 0 Å². The van der Waals surface area contributed by atoms with Gasteiger partial charge in [0.25, 0.3) is 0 Å². The number of nitro groups is 1. The van der Waals surface area contributed by atoms with Gasteiger partial charge < -0.3 is 4.98 Å². The zero-order chi connectivity index (χ0) is 13.9. The summed E-state index contributed by atoms with van der Waals surface area (Å²) in [7, 11) is 0. The zero-order valence-corrected chi connectivity index (χ0v) is 11.5. The molecule has 0 aliphatic heterocycles. The minimum Gasteiger partial charge on any atom is -0.361 e. The van der Waals surface area contributed by atoms with Crippen LogP contribution >= 0.6 is 0 Å². The zero-order valence-electron chi connectivity index (χ0n) is 11.5. The summed E-state index contributed by atoms with van der Waals surface area (Å²) in [4.78, 5) is 14.2. The molecule has 1 N–H and O–H groups in total. The van der Waals surface area contributed by atoms with Crippen molar-refractivity contribution in [1.82, 2.24) is 4.98 Å². The van der Waals surface area contributed by atoms with Gasteiger partial charge >= 0.3 is 0 Å². The Morgan fingerprint density at radius 3 is 2.75 bits per heavy atom. The van der Waals surface area contributed by atoms with Crippen LogP contribution < -0.4 is 0 Å². The first-order valence-corrected chi connectivity index (χ1v) is 7.43. The molecule has 1 aromatic carbocycles. The molecule has 1 fully saturated rings. The molecule has 1 aromatic heterocycles. The van der Waals surface area contributed by atoms with Crippen LogP contribution in [0.25, 0.3) is 10.9 Å². The molecule has 1 saturated carbocycles. The van der Waals surface area contributed by atoms with Crippen LogP contribution in [-0.4, -0.2) is 16.5 Å². The van der Waals surface area contributed by atoms with E-state index in [9.17, 15) is 10.1 Å². The van der Waals surface area contributed by atoms with E-state index in [-0.39, 0.29) is 17.4 Å². The monoisotopic (exact) mass is 272 g/mol. The van der Waals surface area contributed by atoms with Gasteiger partial charge in [0.05, 0.1) is 5.92 Å². The summed E-state index contributed by atoms with van der Waals surface area (Å²) >= 11 is 0. The van der Waals surface area contributed by atoms with E-state index in [1.54, 1.807) is 0 Å². The molecule has 2 aromatic rings. The number of rotatable bonds is 4. The molecule has 1 heterocycles. The summed E-state index contributed by atoms with van der Waals surface area (Å²) < 4.78 is 0. The Bertz CT molecular complexity index is 599. The number of nitrogens with one attached hydrogen (secondary N) is 1. The van der Waals surface area contributed by atoms with E-state index in [1.165, 1.54) is 19.3 Å². The van der Waals surface area contributed by atoms with E-state index in [2.05, 4.69) is 11.1 Å². The SMILES string of the molecule is O=[N+]([O-])C[C@H](c1c[nH]c2ccccc12)C1CCCCC1. The predicted octanol–water partition coefficient (Wildman–Crippen LogP) is 4.11. The second-order valence-electron chi connectivity index (χ2n) is 5.81. The quantitative estimate of drug-likeness (QED) is 0.672. The fourth-order valence-corrected chi connectivity index (χ4v) is 3.60. The minimum absolute atomic E-state index is 0.0430. The third-order valence-corrected chi connectivity index (χ3v) is 4.59. The maximum absolute atomic E-state index is 11.1. The first-order valence-electron chi connectivity index (χ1n) is 7.43. The van der Waals surface area contributed by atoms with Crippen LogP contribution in [-0.2, 0) is 0 Å². The second kappa shape index (κ2) is 5.65. The van der Waals surface area contributed by atoms with Gasteiger partial charge in [-0.15, -0.1) is 0 Å². The molecule has 1 atom stereocenters. The predicted molar refractivity (Wildman–Crippen MR) is 79.5 cm³/mol. The summed E-state index contributed by atoms with van der Waals surface area (Å²) in [5.41, 5.74) is 2.20. The molecule has 0 bridgehead atoms. The lowest BCUT2D eigenvalue weighted by Crippen LogP contribution is -2.23. The minimum atomic E-state index is -0.152. The third kappa shape index (κ3) is 2.55. The summed E-state index contributed by atoms with van der Waals surface area (Å²) in [5, 5.41) is 12.2. The molecule has 1 aliphatic carbocycles. The molecule has 4 nitrogen and oxygen atoms in total. The van der Waals surface area contributed by atoms with Crippen LogP contribution in [0, 0.1) is 16.0 Å². The number of fused-ring (bicyclic) bond motifs is 1. The number of H-pyrrole nitrogens is 1. The van der Waals surface area contributed by atoms with E-state index in [1.807, 2.05) is 24.4 Å². The van der Waals surface area contributed by atoms with Crippen LogP contribution in [0.2, 0.25) is 0 Å². The van der Waals surface area contributed by atoms with Crippen molar-refractivity contribution in [1.29, 1.82) is 0 Å². The number of aromatic nitrogens is 1. The lowest BCUT2D eigenvalue weighted by molar-refractivity contribution is -0.485. The van der Waals surface area contributed by atoms with E-state index in [0.29, 0.717) is 5.92 Å². The van der Waals surface area contributed by atoms with Crippen LogP contribution in [0.4, 0.5) is 0 Å². The lowest BCUT2D eigenvalue weighted by atomic mass is 9.77. The molecular formula is C16H20N2O2. The average molecular weight is 272 g/mol. The number of benzene rings is 1. The molecule has 0 unspecified atom stereocenters. The Morgan fingerprint density at radius 2 is 2.00 bits per heavy atom. The maximum atomic E-state index is 11.1. The number of aromatic amines is 1.